The first-order valence-corrected chi connectivity index (χ1v) is 2.61. The topological polar surface area (TPSA) is 89.7 Å². The van der Waals surface area contributed by atoms with Gasteiger partial charge in [-0.15, -0.1) is 0 Å². The Labute approximate surface area is 73.2 Å². The molecule has 5 heteroatoms. The maximum Gasteiger partial charge on any atom is 0.0923 e. The molecule has 0 aliphatic heterocycles. The quantitative estimate of drug-likeness (QED) is 0.721. The molecule has 0 bridgehead atoms. The average molecular weight is 318 g/mol. The van der Waals surface area contributed by atoms with Gasteiger partial charge in [-0.2, -0.15) is 0 Å². The van der Waals surface area contributed by atoms with Crippen molar-refractivity contribution >= 4 is 0 Å². The number of imidazole rings is 1. The molecule has 1 aromatic rings. The Kier molecular flexibility index (Phi) is 8.56. The van der Waals surface area contributed by atoms with Crippen LogP contribution in [0.5, 0.6) is 0 Å². The van der Waals surface area contributed by atoms with Gasteiger partial charge in [0.05, 0.1) is 12.0 Å². The average Bonchev–Trinajstić information content (AvgIpc) is 2.19. The molecule has 0 radical (unpaired) electrons. The van der Waals surface area contributed by atoms with E-state index in [2.05, 4.69) is 9.97 Å². The molecule has 0 fully saturated rings. The molecule has 6 N–H and O–H groups in total. The summed E-state index contributed by atoms with van der Waals surface area (Å²) in [5.41, 5.74) is 6.30. The van der Waals surface area contributed by atoms with Crippen molar-refractivity contribution in [1.82, 2.24) is 16.1 Å². The van der Waals surface area contributed by atoms with Crippen molar-refractivity contribution in [1.29, 1.82) is 0 Å². The summed E-state index contributed by atoms with van der Waals surface area (Å²) in [4.78, 5) is 6.82. The Morgan fingerprint density at radius 1 is 1.60 bits per heavy atom. The van der Waals surface area contributed by atoms with E-state index < -0.39 is 0 Å². The fourth-order valence-corrected chi connectivity index (χ4v) is 0.576. The number of rotatable bonds is 2. The Balaban J connectivity index is 0. The van der Waals surface area contributed by atoms with Crippen LogP contribution in [0.25, 0.3) is 0 Å². The van der Waals surface area contributed by atoms with Crippen LogP contribution in [0.2, 0.25) is 0 Å². The summed E-state index contributed by atoms with van der Waals surface area (Å²) < 4.78 is 0. The molecule has 0 spiro atoms. The zero-order valence-corrected chi connectivity index (χ0v) is 8.19. The SMILES string of the molecule is N.NCCc1c[nH]cn1.[Os]. The van der Waals surface area contributed by atoms with E-state index in [1.54, 1.807) is 6.33 Å². The summed E-state index contributed by atoms with van der Waals surface area (Å²) in [5.74, 6) is 0. The van der Waals surface area contributed by atoms with Gasteiger partial charge in [0, 0.05) is 32.4 Å². The first-order chi connectivity index (χ1) is 3.93. The second kappa shape index (κ2) is 6.88. The summed E-state index contributed by atoms with van der Waals surface area (Å²) in [6, 6.07) is 0. The van der Waals surface area contributed by atoms with E-state index in [-0.39, 0.29) is 25.9 Å². The summed E-state index contributed by atoms with van der Waals surface area (Å²) in [6.07, 6.45) is 4.38. The standard InChI is InChI=1S/C5H9N3.H3N.Os/c6-2-1-5-3-7-4-8-5;;/h3-4H,1-2,6H2,(H,7,8);1H3;. The third kappa shape index (κ3) is 3.73. The van der Waals surface area contributed by atoms with E-state index >= 15 is 0 Å². The minimum atomic E-state index is 0. The van der Waals surface area contributed by atoms with Crippen LogP contribution >= 0.6 is 0 Å². The van der Waals surface area contributed by atoms with Gasteiger partial charge < -0.3 is 16.9 Å². The van der Waals surface area contributed by atoms with Crippen molar-refractivity contribution in [2.45, 2.75) is 6.42 Å². The van der Waals surface area contributed by atoms with Crippen molar-refractivity contribution in [3.63, 3.8) is 0 Å². The monoisotopic (exact) mass is 320 g/mol. The van der Waals surface area contributed by atoms with Crippen molar-refractivity contribution in [2.75, 3.05) is 6.54 Å². The van der Waals surface area contributed by atoms with Crippen molar-refractivity contribution in [3.05, 3.63) is 18.2 Å². The van der Waals surface area contributed by atoms with Crippen LogP contribution in [0.4, 0.5) is 0 Å². The van der Waals surface area contributed by atoms with Crippen LogP contribution in [-0.4, -0.2) is 16.5 Å². The molecule has 0 aliphatic rings. The van der Waals surface area contributed by atoms with Crippen molar-refractivity contribution < 1.29 is 19.8 Å². The maximum atomic E-state index is 5.27. The predicted octanol–water partition coefficient (Wildman–Crippen LogP) is 0.0704. The Morgan fingerprint density at radius 2 is 2.30 bits per heavy atom. The normalized spacial score (nSPS) is 7.70. The van der Waals surface area contributed by atoms with Crippen LogP contribution < -0.4 is 11.9 Å². The van der Waals surface area contributed by atoms with Gasteiger partial charge in [0.1, 0.15) is 0 Å². The van der Waals surface area contributed by atoms with Gasteiger partial charge in [-0.3, -0.25) is 0 Å². The van der Waals surface area contributed by atoms with Gasteiger partial charge in [0.15, 0.2) is 0 Å². The van der Waals surface area contributed by atoms with Gasteiger partial charge in [0.25, 0.3) is 0 Å². The molecule has 0 saturated heterocycles. The summed E-state index contributed by atoms with van der Waals surface area (Å²) in [7, 11) is 0. The van der Waals surface area contributed by atoms with Crippen LogP contribution in [0.1, 0.15) is 5.69 Å². The van der Waals surface area contributed by atoms with E-state index in [1.807, 2.05) is 6.20 Å². The molecule has 0 aliphatic carbocycles. The smallest absolute Gasteiger partial charge is 0.0923 e. The Morgan fingerprint density at radius 3 is 2.70 bits per heavy atom. The molecular weight excluding hydrogens is 306 g/mol. The number of aromatic nitrogens is 2. The molecule has 10 heavy (non-hydrogen) atoms. The molecule has 1 aromatic heterocycles. The van der Waals surface area contributed by atoms with Gasteiger partial charge in [0.2, 0.25) is 0 Å². The fourth-order valence-electron chi connectivity index (χ4n) is 0.576. The van der Waals surface area contributed by atoms with E-state index in [0.717, 1.165) is 12.1 Å². The van der Waals surface area contributed by atoms with E-state index in [0.29, 0.717) is 6.54 Å². The predicted molar refractivity (Wildman–Crippen MR) is 36.4 cm³/mol. The summed E-state index contributed by atoms with van der Waals surface area (Å²) >= 11 is 0. The summed E-state index contributed by atoms with van der Waals surface area (Å²) in [6.45, 7) is 0.671. The zero-order valence-electron chi connectivity index (χ0n) is 5.65. The molecule has 1 heterocycles. The number of hydrogen-bond acceptors (Lipinski definition) is 3. The molecule has 0 aromatic carbocycles. The fraction of sp³-hybridized carbons (Fsp3) is 0.400. The minimum Gasteiger partial charge on any atom is -0.351 e. The molecule has 0 atom stereocenters. The van der Waals surface area contributed by atoms with Crippen LogP contribution in [0.3, 0.4) is 0 Å². The van der Waals surface area contributed by atoms with Crippen LogP contribution in [0, 0.1) is 0 Å². The van der Waals surface area contributed by atoms with Gasteiger partial charge in [-0.05, 0) is 6.54 Å². The molecule has 0 unspecified atom stereocenters. The first-order valence-electron chi connectivity index (χ1n) is 2.61. The first kappa shape index (κ1) is 12.4. The molecule has 60 valence electrons. The summed E-state index contributed by atoms with van der Waals surface area (Å²) in [5, 5.41) is 0. The number of nitrogens with one attached hydrogen (secondary N) is 1. The molecule has 1 rings (SSSR count). The number of hydrogen-bond donors (Lipinski definition) is 3. The van der Waals surface area contributed by atoms with Gasteiger partial charge in [-0.25, -0.2) is 4.98 Å². The third-order valence-corrected chi connectivity index (χ3v) is 0.955. The Hall–Kier alpha value is -0.234. The van der Waals surface area contributed by atoms with E-state index in [1.165, 1.54) is 0 Å². The van der Waals surface area contributed by atoms with Gasteiger partial charge >= 0.3 is 0 Å². The zero-order chi connectivity index (χ0) is 5.82. The number of nitrogens with zero attached hydrogens (tertiary/aromatic N) is 1. The van der Waals surface area contributed by atoms with Crippen molar-refractivity contribution in [3.8, 4) is 0 Å². The van der Waals surface area contributed by atoms with E-state index in [4.69, 9.17) is 5.73 Å². The molecule has 0 saturated carbocycles. The van der Waals surface area contributed by atoms with Gasteiger partial charge in [-0.1, -0.05) is 0 Å². The number of aromatic amines is 1. The Bertz CT molecular complexity index is 139. The van der Waals surface area contributed by atoms with Crippen molar-refractivity contribution in [2.24, 2.45) is 5.73 Å². The number of nitrogens with two attached hydrogens (primary N) is 1. The number of H-pyrrole nitrogens is 1. The second-order valence-electron chi connectivity index (χ2n) is 1.60. The second-order valence-corrected chi connectivity index (χ2v) is 1.60. The third-order valence-electron chi connectivity index (χ3n) is 0.955. The molecule has 4 nitrogen and oxygen atoms in total. The van der Waals surface area contributed by atoms with Crippen LogP contribution in [0.15, 0.2) is 12.5 Å². The molecule has 0 amide bonds. The maximum absolute atomic E-state index is 5.27. The van der Waals surface area contributed by atoms with E-state index in [9.17, 15) is 0 Å². The minimum absolute atomic E-state index is 0. The molecular formula is C5H12N4Os. The van der Waals surface area contributed by atoms with Crippen LogP contribution in [-0.2, 0) is 26.2 Å². The largest absolute Gasteiger partial charge is 0.351 e.